The molecule has 0 aliphatic rings. The van der Waals surface area contributed by atoms with E-state index in [2.05, 4.69) is 10.4 Å². The van der Waals surface area contributed by atoms with Crippen LogP contribution in [0.25, 0.3) is 5.69 Å². The molecule has 3 aromatic rings. The summed E-state index contributed by atoms with van der Waals surface area (Å²) in [6.07, 6.45) is 3.93. The third-order valence-electron chi connectivity index (χ3n) is 3.88. The Kier molecular flexibility index (Phi) is 5.11. The highest BCUT2D eigenvalue weighted by atomic mass is 16.4. The van der Waals surface area contributed by atoms with Crippen LogP contribution in [-0.4, -0.2) is 32.0 Å². The maximum atomic E-state index is 11.5. The molecule has 6 heteroatoms. The van der Waals surface area contributed by atoms with Gasteiger partial charge < -0.3 is 10.2 Å². The molecule has 0 saturated heterocycles. The molecule has 3 rings (SSSR count). The molecule has 1 aromatic heterocycles. The molecule has 0 amide bonds. The normalized spacial score (nSPS) is 12.0. The number of aromatic nitrogens is 2. The SMILES string of the molecule is O=C(O)C(Cc1ccc(O)cc1)NCc1cnn(-c2ccccc2)c1. The molecule has 3 N–H and O–H groups in total. The van der Waals surface area contributed by atoms with Crippen LogP contribution in [0.4, 0.5) is 0 Å². The fourth-order valence-corrected chi connectivity index (χ4v) is 2.53. The predicted octanol–water partition coefficient (Wildman–Crippen LogP) is 2.36. The lowest BCUT2D eigenvalue weighted by molar-refractivity contribution is -0.139. The summed E-state index contributed by atoms with van der Waals surface area (Å²) in [5.74, 6) is -0.750. The lowest BCUT2D eigenvalue weighted by atomic mass is 10.1. The van der Waals surface area contributed by atoms with Gasteiger partial charge in [-0.3, -0.25) is 10.1 Å². The maximum Gasteiger partial charge on any atom is 0.321 e. The molecule has 2 aromatic carbocycles. The number of aromatic hydroxyl groups is 1. The molecule has 0 spiro atoms. The summed E-state index contributed by atoms with van der Waals surface area (Å²) in [5.41, 5.74) is 2.70. The summed E-state index contributed by atoms with van der Waals surface area (Å²) in [7, 11) is 0. The van der Waals surface area contributed by atoms with Crippen LogP contribution in [0, 0.1) is 0 Å². The number of nitrogens with zero attached hydrogens (tertiary/aromatic N) is 2. The van der Waals surface area contributed by atoms with Crippen LogP contribution in [0.3, 0.4) is 0 Å². The van der Waals surface area contributed by atoms with Gasteiger partial charge in [-0.1, -0.05) is 30.3 Å². The smallest absolute Gasteiger partial charge is 0.321 e. The zero-order valence-corrected chi connectivity index (χ0v) is 13.5. The molecule has 128 valence electrons. The monoisotopic (exact) mass is 337 g/mol. The van der Waals surface area contributed by atoms with Gasteiger partial charge in [0.25, 0.3) is 0 Å². The van der Waals surface area contributed by atoms with Gasteiger partial charge in [0, 0.05) is 18.3 Å². The number of hydrogen-bond acceptors (Lipinski definition) is 4. The maximum absolute atomic E-state index is 11.5. The topological polar surface area (TPSA) is 87.4 Å². The lowest BCUT2D eigenvalue weighted by Crippen LogP contribution is -2.38. The van der Waals surface area contributed by atoms with E-state index in [4.69, 9.17) is 0 Å². The van der Waals surface area contributed by atoms with E-state index in [1.807, 2.05) is 36.5 Å². The van der Waals surface area contributed by atoms with Crippen LogP contribution in [0.5, 0.6) is 5.75 Å². The Balaban J connectivity index is 1.63. The molecule has 1 atom stereocenters. The molecule has 25 heavy (non-hydrogen) atoms. The molecule has 0 bridgehead atoms. The van der Waals surface area contributed by atoms with Gasteiger partial charge in [-0.15, -0.1) is 0 Å². The van der Waals surface area contributed by atoms with Crippen LogP contribution < -0.4 is 5.32 Å². The van der Waals surface area contributed by atoms with E-state index in [-0.39, 0.29) is 5.75 Å². The van der Waals surface area contributed by atoms with Gasteiger partial charge in [-0.2, -0.15) is 5.10 Å². The highest BCUT2D eigenvalue weighted by molar-refractivity contribution is 5.73. The molecule has 0 fully saturated rings. The molecule has 0 radical (unpaired) electrons. The number of para-hydroxylation sites is 1. The Hall–Kier alpha value is -3.12. The highest BCUT2D eigenvalue weighted by Crippen LogP contribution is 2.12. The van der Waals surface area contributed by atoms with Gasteiger partial charge in [0.1, 0.15) is 11.8 Å². The fourth-order valence-electron chi connectivity index (χ4n) is 2.53. The Morgan fingerprint density at radius 3 is 2.48 bits per heavy atom. The Labute approximate surface area is 145 Å². The van der Waals surface area contributed by atoms with Crippen LogP contribution in [0.15, 0.2) is 67.0 Å². The van der Waals surface area contributed by atoms with Gasteiger partial charge in [0.15, 0.2) is 0 Å². The minimum atomic E-state index is -0.913. The van der Waals surface area contributed by atoms with E-state index >= 15 is 0 Å². The van der Waals surface area contributed by atoms with Gasteiger partial charge in [-0.05, 0) is 36.2 Å². The minimum absolute atomic E-state index is 0.164. The second kappa shape index (κ2) is 7.63. The number of hydrogen-bond donors (Lipinski definition) is 3. The highest BCUT2D eigenvalue weighted by Gasteiger charge is 2.17. The summed E-state index contributed by atoms with van der Waals surface area (Å²) in [6.45, 7) is 0.405. The molecular formula is C19H19N3O3. The van der Waals surface area contributed by atoms with Crippen LogP contribution in [0.1, 0.15) is 11.1 Å². The van der Waals surface area contributed by atoms with Gasteiger partial charge in [-0.25, -0.2) is 4.68 Å². The van der Waals surface area contributed by atoms with Crippen LogP contribution in [0.2, 0.25) is 0 Å². The minimum Gasteiger partial charge on any atom is -0.508 e. The number of rotatable bonds is 7. The summed E-state index contributed by atoms with van der Waals surface area (Å²) in [5, 5.41) is 26.1. The Morgan fingerprint density at radius 2 is 1.80 bits per heavy atom. The Bertz CT molecular complexity index is 829. The first kappa shape index (κ1) is 16.7. The number of carbonyl (C=O) groups is 1. The summed E-state index contributed by atoms with van der Waals surface area (Å²) in [6, 6.07) is 15.6. The number of phenolic OH excluding ortho intramolecular Hbond substituents is 1. The summed E-state index contributed by atoms with van der Waals surface area (Å²) in [4.78, 5) is 11.5. The van der Waals surface area contributed by atoms with Crippen molar-refractivity contribution in [3.8, 4) is 11.4 Å². The first-order valence-electron chi connectivity index (χ1n) is 7.95. The molecule has 0 aliphatic carbocycles. The van der Waals surface area contributed by atoms with Crippen LogP contribution >= 0.6 is 0 Å². The molecule has 0 aliphatic heterocycles. The van der Waals surface area contributed by atoms with Crippen molar-refractivity contribution in [3.63, 3.8) is 0 Å². The molecular weight excluding hydrogens is 318 g/mol. The molecule has 6 nitrogen and oxygen atoms in total. The number of carboxylic acids is 1. The van der Waals surface area contributed by atoms with E-state index in [1.165, 1.54) is 0 Å². The fraction of sp³-hybridized carbons (Fsp3) is 0.158. The van der Waals surface area contributed by atoms with E-state index in [0.717, 1.165) is 16.8 Å². The number of phenols is 1. The van der Waals surface area contributed by atoms with Crippen molar-refractivity contribution in [1.29, 1.82) is 0 Å². The average molecular weight is 337 g/mol. The standard InChI is InChI=1S/C19H19N3O3/c23-17-8-6-14(7-9-17)10-18(19(24)25)20-11-15-12-21-22(13-15)16-4-2-1-3-5-16/h1-9,12-13,18,20,23H,10-11H2,(H,24,25). The third kappa shape index (κ3) is 4.45. The van der Waals surface area contributed by atoms with Crippen molar-refractivity contribution in [2.75, 3.05) is 0 Å². The Morgan fingerprint density at radius 1 is 1.08 bits per heavy atom. The second-order valence-electron chi connectivity index (χ2n) is 5.77. The summed E-state index contributed by atoms with van der Waals surface area (Å²) < 4.78 is 1.76. The van der Waals surface area contributed by atoms with Crippen molar-refractivity contribution in [1.82, 2.24) is 15.1 Å². The zero-order valence-electron chi connectivity index (χ0n) is 13.5. The second-order valence-corrected chi connectivity index (χ2v) is 5.77. The largest absolute Gasteiger partial charge is 0.508 e. The van der Waals surface area contributed by atoms with Crippen molar-refractivity contribution >= 4 is 5.97 Å². The van der Waals surface area contributed by atoms with E-state index in [9.17, 15) is 15.0 Å². The number of benzene rings is 2. The van der Waals surface area contributed by atoms with Crippen molar-refractivity contribution in [2.24, 2.45) is 0 Å². The number of nitrogens with one attached hydrogen (secondary N) is 1. The quantitative estimate of drug-likeness (QED) is 0.616. The van der Waals surface area contributed by atoms with Gasteiger partial charge in [0.2, 0.25) is 0 Å². The molecule has 0 saturated carbocycles. The van der Waals surface area contributed by atoms with E-state index in [0.29, 0.717) is 13.0 Å². The molecule has 1 unspecified atom stereocenters. The number of carboxylic acid groups (broad SMARTS) is 1. The summed E-state index contributed by atoms with van der Waals surface area (Å²) >= 11 is 0. The first-order valence-corrected chi connectivity index (χ1v) is 7.95. The van der Waals surface area contributed by atoms with Gasteiger partial charge >= 0.3 is 5.97 Å². The molecule has 1 heterocycles. The van der Waals surface area contributed by atoms with Crippen molar-refractivity contribution in [2.45, 2.75) is 19.0 Å². The van der Waals surface area contributed by atoms with E-state index < -0.39 is 12.0 Å². The third-order valence-corrected chi connectivity index (χ3v) is 3.88. The zero-order chi connectivity index (χ0) is 17.6. The van der Waals surface area contributed by atoms with E-state index in [1.54, 1.807) is 35.1 Å². The first-order chi connectivity index (χ1) is 12.1. The lowest BCUT2D eigenvalue weighted by Gasteiger charge is -2.14. The van der Waals surface area contributed by atoms with Gasteiger partial charge in [0.05, 0.1) is 11.9 Å². The average Bonchev–Trinajstić information content (AvgIpc) is 3.10. The number of aliphatic carboxylic acids is 1. The van der Waals surface area contributed by atoms with Crippen molar-refractivity contribution in [3.05, 3.63) is 78.1 Å². The van der Waals surface area contributed by atoms with Crippen molar-refractivity contribution < 1.29 is 15.0 Å². The van der Waals surface area contributed by atoms with Crippen LogP contribution in [-0.2, 0) is 17.8 Å². The predicted molar refractivity (Wildman–Crippen MR) is 93.6 cm³/mol.